The molecule has 0 unspecified atom stereocenters. The Labute approximate surface area is 156 Å². The van der Waals surface area contributed by atoms with Crippen LogP contribution >= 0.6 is 0 Å². The third-order valence-corrected chi connectivity index (χ3v) is 4.04. The van der Waals surface area contributed by atoms with Crippen LogP contribution in [0.1, 0.15) is 26.4 Å². The fourth-order valence-electron chi connectivity index (χ4n) is 2.56. The van der Waals surface area contributed by atoms with Crippen molar-refractivity contribution in [2.75, 3.05) is 19.5 Å². The second-order valence-corrected chi connectivity index (χ2v) is 5.80. The van der Waals surface area contributed by atoms with Crippen molar-refractivity contribution in [2.24, 2.45) is 0 Å². The Morgan fingerprint density at radius 1 is 1.07 bits per heavy atom. The number of esters is 1. The van der Waals surface area contributed by atoms with E-state index in [2.05, 4.69) is 10.4 Å². The van der Waals surface area contributed by atoms with Gasteiger partial charge in [0, 0.05) is 5.69 Å². The molecule has 3 rings (SSSR count). The average molecular weight is 365 g/mol. The van der Waals surface area contributed by atoms with Gasteiger partial charge in [0.1, 0.15) is 0 Å². The van der Waals surface area contributed by atoms with Gasteiger partial charge >= 0.3 is 5.97 Å². The van der Waals surface area contributed by atoms with Crippen molar-refractivity contribution in [1.82, 2.24) is 9.78 Å². The van der Waals surface area contributed by atoms with Gasteiger partial charge in [-0.2, -0.15) is 5.10 Å². The zero-order valence-electron chi connectivity index (χ0n) is 15.2. The van der Waals surface area contributed by atoms with Crippen LogP contribution in [0.3, 0.4) is 0 Å². The Morgan fingerprint density at radius 2 is 1.81 bits per heavy atom. The molecular formula is C20H19N3O4. The molecule has 7 heteroatoms. The first-order valence-corrected chi connectivity index (χ1v) is 8.23. The molecule has 1 N–H and O–H groups in total. The molecule has 0 saturated heterocycles. The number of ether oxygens (including phenoxy) is 2. The number of nitrogens with one attached hydrogen (secondary N) is 1. The van der Waals surface area contributed by atoms with Gasteiger partial charge in [0.25, 0.3) is 5.91 Å². The molecular weight excluding hydrogens is 346 g/mol. The number of carbonyl (C=O) groups is 2. The minimum absolute atomic E-state index is 0.143. The van der Waals surface area contributed by atoms with Crippen LogP contribution in [0.2, 0.25) is 0 Å². The fraction of sp³-hybridized carbons (Fsp3) is 0.150. The lowest BCUT2D eigenvalue weighted by Crippen LogP contribution is -2.15. The molecule has 1 amide bonds. The maximum Gasteiger partial charge on any atom is 0.337 e. The summed E-state index contributed by atoms with van der Waals surface area (Å²) >= 11 is 0. The number of rotatable bonds is 5. The molecule has 0 aliphatic carbocycles. The summed E-state index contributed by atoms with van der Waals surface area (Å²) in [6.07, 6.45) is 1.64. The highest BCUT2D eigenvalue weighted by molar-refractivity contribution is 6.05. The third-order valence-electron chi connectivity index (χ3n) is 4.04. The Balaban J connectivity index is 1.91. The number of hydrogen-bond acceptors (Lipinski definition) is 5. The Hall–Kier alpha value is -3.61. The SMILES string of the molecule is COC(=O)c1ccc(C)c(NC(=O)c2nn(-c3ccccc3)cc2OC)c1. The number of nitrogens with zero attached hydrogens (tertiary/aromatic N) is 2. The van der Waals surface area contributed by atoms with Gasteiger partial charge in [-0.3, -0.25) is 4.79 Å². The van der Waals surface area contributed by atoms with Crippen molar-refractivity contribution < 1.29 is 19.1 Å². The lowest BCUT2D eigenvalue weighted by Gasteiger charge is -2.09. The molecule has 0 spiro atoms. The zero-order valence-corrected chi connectivity index (χ0v) is 15.2. The van der Waals surface area contributed by atoms with E-state index >= 15 is 0 Å². The lowest BCUT2D eigenvalue weighted by molar-refractivity contribution is 0.0600. The molecule has 27 heavy (non-hydrogen) atoms. The topological polar surface area (TPSA) is 82.5 Å². The summed E-state index contributed by atoms with van der Waals surface area (Å²) in [7, 11) is 2.79. The molecule has 0 aliphatic rings. The second kappa shape index (κ2) is 7.74. The van der Waals surface area contributed by atoms with Gasteiger partial charge in [0.2, 0.25) is 0 Å². The highest BCUT2D eigenvalue weighted by Gasteiger charge is 2.20. The number of carbonyl (C=O) groups excluding carboxylic acids is 2. The van der Waals surface area contributed by atoms with Gasteiger partial charge in [-0.25, -0.2) is 9.48 Å². The van der Waals surface area contributed by atoms with E-state index in [0.717, 1.165) is 11.3 Å². The minimum atomic E-state index is -0.476. The first kappa shape index (κ1) is 18.2. The molecule has 3 aromatic rings. The molecule has 1 aromatic heterocycles. The lowest BCUT2D eigenvalue weighted by atomic mass is 10.1. The minimum Gasteiger partial charge on any atom is -0.493 e. The smallest absolute Gasteiger partial charge is 0.337 e. The summed E-state index contributed by atoms with van der Waals surface area (Å²) < 4.78 is 11.6. The quantitative estimate of drug-likeness (QED) is 0.702. The van der Waals surface area contributed by atoms with Crippen molar-refractivity contribution in [3.63, 3.8) is 0 Å². The number of aryl methyl sites for hydroxylation is 1. The summed E-state index contributed by atoms with van der Waals surface area (Å²) in [5.74, 6) is -0.568. The Kier molecular flexibility index (Phi) is 5.21. The average Bonchev–Trinajstić information content (AvgIpc) is 3.14. The standard InChI is InChI=1S/C20H19N3O4/c1-13-9-10-14(20(25)27-3)11-16(13)21-19(24)18-17(26-2)12-23(22-18)15-7-5-4-6-8-15/h4-12H,1-3H3,(H,21,24). The number of aromatic nitrogens is 2. The van der Waals surface area contributed by atoms with Gasteiger partial charge in [-0.05, 0) is 36.8 Å². The highest BCUT2D eigenvalue weighted by Crippen LogP contribution is 2.23. The summed E-state index contributed by atoms with van der Waals surface area (Å²) in [6.45, 7) is 1.83. The molecule has 0 atom stereocenters. The first-order valence-electron chi connectivity index (χ1n) is 8.23. The predicted octanol–water partition coefficient (Wildman–Crippen LogP) is 3.23. The molecule has 0 saturated carbocycles. The fourth-order valence-corrected chi connectivity index (χ4v) is 2.56. The molecule has 1 heterocycles. The van der Waals surface area contributed by atoms with E-state index in [1.54, 1.807) is 29.1 Å². The summed E-state index contributed by atoms with van der Waals surface area (Å²) in [5, 5.41) is 7.12. The zero-order chi connectivity index (χ0) is 19.4. The van der Waals surface area contributed by atoms with Crippen LogP contribution in [-0.2, 0) is 4.74 Å². The van der Waals surface area contributed by atoms with Crippen molar-refractivity contribution in [3.8, 4) is 11.4 Å². The molecule has 0 bridgehead atoms. The van der Waals surface area contributed by atoms with E-state index in [4.69, 9.17) is 9.47 Å². The summed E-state index contributed by atoms with van der Waals surface area (Å²) in [4.78, 5) is 24.5. The van der Waals surface area contributed by atoms with Crippen molar-refractivity contribution in [3.05, 3.63) is 71.5 Å². The maximum absolute atomic E-state index is 12.8. The van der Waals surface area contributed by atoms with Crippen LogP contribution in [0.5, 0.6) is 5.75 Å². The Bertz CT molecular complexity index is 980. The number of methoxy groups -OCH3 is 2. The molecule has 138 valence electrons. The first-order chi connectivity index (χ1) is 13.0. The van der Waals surface area contributed by atoms with Crippen molar-refractivity contribution in [2.45, 2.75) is 6.92 Å². The van der Waals surface area contributed by atoms with E-state index in [-0.39, 0.29) is 5.69 Å². The monoisotopic (exact) mass is 365 g/mol. The molecule has 2 aromatic carbocycles. The van der Waals surface area contributed by atoms with Crippen LogP contribution in [0.4, 0.5) is 5.69 Å². The van der Waals surface area contributed by atoms with Crippen LogP contribution in [0, 0.1) is 6.92 Å². The van der Waals surface area contributed by atoms with Gasteiger partial charge in [-0.1, -0.05) is 24.3 Å². The van der Waals surface area contributed by atoms with Crippen LogP contribution in [-0.4, -0.2) is 35.9 Å². The third kappa shape index (κ3) is 3.82. The van der Waals surface area contributed by atoms with E-state index < -0.39 is 11.9 Å². The summed E-state index contributed by atoms with van der Waals surface area (Å²) in [5.41, 5.74) is 2.60. The number of benzene rings is 2. The molecule has 7 nitrogen and oxygen atoms in total. The van der Waals surface area contributed by atoms with E-state index in [1.807, 2.05) is 37.3 Å². The predicted molar refractivity (Wildman–Crippen MR) is 101 cm³/mol. The van der Waals surface area contributed by atoms with Gasteiger partial charge < -0.3 is 14.8 Å². The van der Waals surface area contributed by atoms with Gasteiger partial charge in [-0.15, -0.1) is 0 Å². The van der Waals surface area contributed by atoms with E-state index in [1.165, 1.54) is 14.2 Å². The number of anilines is 1. The van der Waals surface area contributed by atoms with Crippen LogP contribution in [0.15, 0.2) is 54.7 Å². The summed E-state index contributed by atoms with van der Waals surface area (Å²) in [6, 6.07) is 14.4. The Morgan fingerprint density at radius 3 is 2.48 bits per heavy atom. The number of hydrogen-bond donors (Lipinski definition) is 1. The largest absolute Gasteiger partial charge is 0.493 e. The highest BCUT2D eigenvalue weighted by atomic mass is 16.5. The molecule has 0 fully saturated rings. The second-order valence-electron chi connectivity index (χ2n) is 5.80. The number of amides is 1. The molecule has 0 aliphatic heterocycles. The van der Waals surface area contributed by atoms with E-state index in [0.29, 0.717) is 17.0 Å². The van der Waals surface area contributed by atoms with Crippen LogP contribution < -0.4 is 10.1 Å². The van der Waals surface area contributed by atoms with Crippen molar-refractivity contribution in [1.29, 1.82) is 0 Å². The van der Waals surface area contributed by atoms with E-state index in [9.17, 15) is 9.59 Å². The van der Waals surface area contributed by atoms with Gasteiger partial charge in [0.05, 0.1) is 31.7 Å². The number of para-hydroxylation sites is 1. The van der Waals surface area contributed by atoms with Crippen molar-refractivity contribution >= 4 is 17.6 Å². The van der Waals surface area contributed by atoms with Crippen LogP contribution in [0.25, 0.3) is 5.69 Å². The van der Waals surface area contributed by atoms with Gasteiger partial charge in [0.15, 0.2) is 11.4 Å². The normalized spacial score (nSPS) is 10.3. The maximum atomic E-state index is 12.8. The molecule has 0 radical (unpaired) electrons.